The molecule has 0 spiro atoms. The number of carbonyl (C=O) groups excluding carboxylic acids is 1. The third kappa shape index (κ3) is 3.75. The van der Waals surface area contributed by atoms with Crippen molar-refractivity contribution in [1.29, 1.82) is 0 Å². The number of methoxy groups -OCH3 is 1. The molecule has 3 rings (SSSR count). The number of aromatic nitrogens is 3. The zero-order valence-corrected chi connectivity index (χ0v) is 14.7. The van der Waals surface area contributed by atoms with E-state index in [4.69, 9.17) is 16.3 Å². The lowest BCUT2D eigenvalue weighted by Gasteiger charge is -2.09. The van der Waals surface area contributed by atoms with Gasteiger partial charge in [0, 0.05) is 23.7 Å². The monoisotopic (exact) mass is 375 g/mol. The molecule has 0 aliphatic carbocycles. The molecule has 0 aliphatic rings. The number of benzene rings is 1. The summed E-state index contributed by atoms with van der Waals surface area (Å²) in [6.07, 6.45) is 1.34. The Morgan fingerprint density at radius 2 is 2.00 bits per heavy atom. The Balaban J connectivity index is 1.72. The molecule has 0 unspecified atom stereocenters. The van der Waals surface area contributed by atoms with Gasteiger partial charge in [0.1, 0.15) is 5.69 Å². The molecular weight excluding hydrogens is 361 g/mol. The topological polar surface area (TPSA) is 81.1 Å². The Hall–Kier alpha value is -3.13. The minimum atomic E-state index is -0.641. The highest BCUT2D eigenvalue weighted by atomic mass is 35.5. The van der Waals surface area contributed by atoms with Crippen LogP contribution in [0.25, 0.3) is 11.3 Å². The molecule has 26 heavy (non-hydrogen) atoms. The molecule has 0 atom stereocenters. The van der Waals surface area contributed by atoms with Crippen LogP contribution in [0.3, 0.4) is 0 Å². The Morgan fingerprint density at radius 3 is 2.65 bits per heavy atom. The van der Waals surface area contributed by atoms with Crippen molar-refractivity contribution in [2.24, 2.45) is 7.05 Å². The van der Waals surface area contributed by atoms with Crippen molar-refractivity contribution in [3.8, 4) is 17.1 Å². The second-order valence-corrected chi connectivity index (χ2v) is 5.78. The van der Waals surface area contributed by atoms with Gasteiger partial charge in [-0.05, 0) is 18.2 Å². The fourth-order valence-corrected chi connectivity index (χ4v) is 2.40. The highest BCUT2D eigenvalue weighted by Crippen LogP contribution is 2.21. The number of nitrogens with zero attached hydrogens (tertiary/aromatic N) is 3. The lowest BCUT2D eigenvalue weighted by atomic mass is 10.1. The summed E-state index contributed by atoms with van der Waals surface area (Å²) in [5.74, 6) is -1.20. The lowest BCUT2D eigenvalue weighted by molar-refractivity contribution is 0.0953. The van der Waals surface area contributed by atoms with Gasteiger partial charge in [-0.15, -0.1) is 0 Å². The van der Waals surface area contributed by atoms with Crippen LogP contribution in [-0.4, -0.2) is 27.8 Å². The van der Waals surface area contributed by atoms with Gasteiger partial charge in [0.25, 0.3) is 5.91 Å². The van der Waals surface area contributed by atoms with Crippen molar-refractivity contribution in [2.75, 3.05) is 12.5 Å². The summed E-state index contributed by atoms with van der Waals surface area (Å²) >= 11 is 5.88. The van der Waals surface area contributed by atoms with Gasteiger partial charge in [0.15, 0.2) is 5.82 Å². The molecule has 0 aliphatic heterocycles. The first-order valence-corrected chi connectivity index (χ1v) is 7.91. The predicted molar refractivity (Wildman–Crippen MR) is 95.5 cm³/mol. The van der Waals surface area contributed by atoms with E-state index in [1.165, 1.54) is 18.0 Å². The molecule has 2 aromatic heterocycles. The molecule has 9 heteroatoms. The van der Waals surface area contributed by atoms with Gasteiger partial charge in [-0.1, -0.05) is 23.7 Å². The maximum Gasteiger partial charge on any atom is 0.287 e. The maximum atomic E-state index is 13.6. The van der Waals surface area contributed by atoms with E-state index in [1.54, 1.807) is 25.2 Å². The predicted octanol–water partition coefficient (Wildman–Crippen LogP) is 3.04. The summed E-state index contributed by atoms with van der Waals surface area (Å²) in [7, 11) is 2.98. The van der Waals surface area contributed by atoms with Crippen LogP contribution in [0.15, 0.2) is 42.6 Å². The minimum absolute atomic E-state index is 0.124. The number of halogens is 2. The summed E-state index contributed by atoms with van der Waals surface area (Å²) in [6, 6.07) is 9.94. The van der Waals surface area contributed by atoms with Crippen LogP contribution >= 0.6 is 11.6 Å². The van der Waals surface area contributed by atoms with Gasteiger partial charge in [-0.25, -0.2) is 9.37 Å². The summed E-state index contributed by atoms with van der Waals surface area (Å²) in [6.45, 7) is 0. The van der Waals surface area contributed by atoms with Crippen molar-refractivity contribution in [1.82, 2.24) is 20.2 Å². The first-order chi connectivity index (χ1) is 12.5. The summed E-state index contributed by atoms with van der Waals surface area (Å²) < 4.78 is 19.8. The maximum absolute atomic E-state index is 13.6. The summed E-state index contributed by atoms with van der Waals surface area (Å²) in [4.78, 5) is 16.1. The van der Waals surface area contributed by atoms with Crippen LogP contribution in [-0.2, 0) is 7.05 Å². The summed E-state index contributed by atoms with van der Waals surface area (Å²) in [5, 5.41) is 4.94. The van der Waals surface area contributed by atoms with Crippen LogP contribution < -0.4 is 15.6 Å². The smallest absolute Gasteiger partial charge is 0.287 e. The quantitative estimate of drug-likeness (QED) is 0.670. The highest BCUT2D eigenvalue weighted by Gasteiger charge is 2.14. The minimum Gasteiger partial charge on any atom is -0.479 e. The Kier molecular flexibility index (Phi) is 5.04. The average Bonchev–Trinajstić information content (AvgIpc) is 3.02. The zero-order chi connectivity index (χ0) is 18.7. The van der Waals surface area contributed by atoms with Crippen molar-refractivity contribution in [3.05, 3.63) is 59.1 Å². The zero-order valence-electron chi connectivity index (χ0n) is 14.0. The van der Waals surface area contributed by atoms with Gasteiger partial charge in [-0.2, -0.15) is 5.10 Å². The van der Waals surface area contributed by atoms with Crippen molar-refractivity contribution < 1.29 is 13.9 Å². The molecule has 2 N–H and O–H groups in total. The van der Waals surface area contributed by atoms with Crippen LogP contribution in [0.4, 0.5) is 10.1 Å². The molecule has 7 nitrogen and oxygen atoms in total. The standard InChI is InChI=1S/C17H15ClFN5O2/c1-24-15(8-14(23-24)10-3-5-11(18)6-4-10)16(25)22-21-12-7-13(19)17(26-2)20-9-12/h3-9,21H,1-2H3,(H,22,25). The second kappa shape index (κ2) is 7.40. The molecule has 0 saturated carbocycles. The van der Waals surface area contributed by atoms with Gasteiger partial charge in [0.2, 0.25) is 5.88 Å². The molecule has 0 radical (unpaired) electrons. The number of hydrazine groups is 1. The number of carbonyl (C=O) groups is 1. The summed E-state index contributed by atoms with van der Waals surface area (Å²) in [5.41, 5.74) is 7.14. The number of pyridine rings is 1. The molecule has 0 saturated heterocycles. The fourth-order valence-electron chi connectivity index (χ4n) is 2.28. The van der Waals surface area contributed by atoms with E-state index in [1.807, 2.05) is 12.1 Å². The van der Waals surface area contributed by atoms with E-state index >= 15 is 0 Å². The SMILES string of the molecule is COc1ncc(NNC(=O)c2cc(-c3ccc(Cl)cc3)nn2C)cc1F. The third-order valence-corrected chi connectivity index (χ3v) is 3.83. The number of aryl methyl sites for hydroxylation is 1. The van der Waals surface area contributed by atoms with Crippen molar-refractivity contribution >= 4 is 23.2 Å². The molecule has 3 aromatic rings. The van der Waals surface area contributed by atoms with Gasteiger partial charge in [0.05, 0.1) is 24.7 Å². The first-order valence-electron chi connectivity index (χ1n) is 7.54. The van der Waals surface area contributed by atoms with Crippen molar-refractivity contribution in [2.45, 2.75) is 0 Å². The number of nitrogens with one attached hydrogen (secondary N) is 2. The Labute approximate surface area is 153 Å². The molecule has 134 valence electrons. The lowest BCUT2D eigenvalue weighted by Crippen LogP contribution is -2.31. The Morgan fingerprint density at radius 1 is 1.27 bits per heavy atom. The number of amides is 1. The van der Waals surface area contributed by atoms with E-state index < -0.39 is 11.7 Å². The number of hydrogen-bond acceptors (Lipinski definition) is 5. The molecule has 0 bridgehead atoms. The molecule has 1 amide bonds. The largest absolute Gasteiger partial charge is 0.479 e. The average molecular weight is 376 g/mol. The van der Waals surface area contributed by atoms with Crippen LogP contribution in [0.2, 0.25) is 5.02 Å². The molecule has 0 fully saturated rings. The molecule has 1 aromatic carbocycles. The van der Waals surface area contributed by atoms with Crippen LogP contribution in [0, 0.1) is 5.82 Å². The Bertz CT molecular complexity index is 943. The number of hydrogen-bond donors (Lipinski definition) is 2. The number of rotatable bonds is 5. The normalized spacial score (nSPS) is 10.5. The van der Waals surface area contributed by atoms with Gasteiger partial charge >= 0.3 is 0 Å². The van der Waals surface area contributed by atoms with E-state index in [2.05, 4.69) is 20.9 Å². The number of anilines is 1. The van der Waals surface area contributed by atoms with Crippen molar-refractivity contribution in [3.63, 3.8) is 0 Å². The first kappa shape index (κ1) is 17.7. The second-order valence-electron chi connectivity index (χ2n) is 5.34. The molecular formula is C17H15ClFN5O2. The highest BCUT2D eigenvalue weighted by molar-refractivity contribution is 6.30. The van der Waals surface area contributed by atoms with Gasteiger partial charge in [-0.3, -0.25) is 20.3 Å². The van der Waals surface area contributed by atoms with Crippen LogP contribution in [0.5, 0.6) is 5.88 Å². The number of ether oxygens (including phenoxy) is 1. The van der Waals surface area contributed by atoms with E-state index in [0.717, 1.165) is 11.6 Å². The van der Waals surface area contributed by atoms with Gasteiger partial charge < -0.3 is 4.74 Å². The fraction of sp³-hybridized carbons (Fsp3) is 0.118. The van der Waals surface area contributed by atoms with E-state index in [-0.39, 0.29) is 11.6 Å². The van der Waals surface area contributed by atoms with E-state index in [0.29, 0.717) is 16.4 Å². The van der Waals surface area contributed by atoms with Crippen LogP contribution in [0.1, 0.15) is 10.5 Å². The molecule has 2 heterocycles. The third-order valence-electron chi connectivity index (χ3n) is 3.57. The van der Waals surface area contributed by atoms with E-state index in [9.17, 15) is 9.18 Å².